The summed E-state index contributed by atoms with van der Waals surface area (Å²) in [6.45, 7) is 10.2. The van der Waals surface area contributed by atoms with Gasteiger partial charge in [0.25, 0.3) is 0 Å². The van der Waals surface area contributed by atoms with Crippen molar-refractivity contribution in [2.24, 2.45) is 11.7 Å². The van der Waals surface area contributed by atoms with Crippen molar-refractivity contribution in [3.63, 3.8) is 0 Å². The van der Waals surface area contributed by atoms with Crippen LogP contribution in [0.4, 0.5) is 4.39 Å². The Labute approximate surface area is 115 Å². The third-order valence-electron chi connectivity index (χ3n) is 4.09. The van der Waals surface area contributed by atoms with Crippen LogP contribution in [0.3, 0.4) is 0 Å². The maximum atomic E-state index is 14.0. The molecule has 2 rings (SSSR count). The average Bonchev–Trinajstić information content (AvgIpc) is 2.49. The Balaban J connectivity index is 2.34. The van der Waals surface area contributed by atoms with Crippen LogP contribution in [0, 0.1) is 18.7 Å². The fourth-order valence-electron chi connectivity index (χ4n) is 3.30. The monoisotopic (exact) mass is 265 g/mol. The Bertz CT molecular complexity index is 482. The number of hydrogen-bond donors (Lipinski definition) is 1. The van der Waals surface area contributed by atoms with E-state index in [-0.39, 0.29) is 29.0 Å². The van der Waals surface area contributed by atoms with Gasteiger partial charge in [-0.3, -0.25) is 0 Å². The maximum Gasteiger partial charge on any atom is 0.128 e. The van der Waals surface area contributed by atoms with Crippen molar-refractivity contribution in [2.45, 2.75) is 58.3 Å². The molecule has 2 nitrogen and oxygen atoms in total. The zero-order valence-electron chi connectivity index (χ0n) is 12.5. The third kappa shape index (κ3) is 2.82. The highest BCUT2D eigenvalue weighted by molar-refractivity contribution is 5.28. The Kier molecular flexibility index (Phi) is 3.48. The molecule has 0 radical (unpaired) electrons. The fraction of sp³-hybridized carbons (Fsp3) is 0.625. The highest BCUT2D eigenvalue weighted by Gasteiger charge is 2.48. The Morgan fingerprint density at radius 1 is 1.32 bits per heavy atom. The van der Waals surface area contributed by atoms with E-state index in [0.717, 1.165) is 12.0 Å². The van der Waals surface area contributed by atoms with Gasteiger partial charge in [-0.2, -0.15) is 0 Å². The van der Waals surface area contributed by atoms with Gasteiger partial charge >= 0.3 is 0 Å². The van der Waals surface area contributed by atoms with Crippen LogP contribution >= 0.6 is 0 Å². The molecule has 19 heavy (non-hydrogen) atoms. The molecule has 1 aliphatic rings. The molecule has 1 heterocycles. The summed E-state index contributed by atoms with van der Waals surface area (Å²) < 4.78 is 20.1. The first-order chi connectivity index (χ1) is 8.62. The minimum absolute atomic E-state index is 0.110. The molecule has 1 aromatic rings. The normalized spacial score (nSPS) is 26.4. The summed E-state index contributed by atoms with van der Waals surface area (Å²) in [7, 11) is 0. The first-order valence-electron chi connectivity index (χ1n) is 6.84. The van der Waals surface area contributed by atoms with Crippen molar-refractivity contribution in [1.29, 1.82) is 0 Å². The van der Waals surface area contributed by atoms with Crippen molar-refractivity contribution in [3.05, 3.63) is 35.1 Å². The Morgan fingerprint density at radius 3 is 2.47 bits per heavy atom. The van der Waals surface area contributed by atoms with E-state index in [0.29, 0.717) is 5.56 Å². The highest BCUT2D eigenvalue weighted by atomic mass is 19.1. The molecular weight excluding hydrogens is 241 g/mol. The second-order valence-electron chi connectivity index (χ2n) is 6.83. The lowest BCUT2D eigenvalue weighted by Crippen LogP contribution is -2.36. The van der Waals surface area contributed by atoms with Crippen LogP contribution in [0.2, 0.25) is 0 Å². The number of rotatable bonds is 2. The second kappa shape index (κ2) is 4.57. The van der Waals surface area contributed by atoms with E-state index in [4.69, 9.17) is 10.5 Å². The van der Waals surface area contributed by atoms with Crippen LogP contribution in [-0.4, -0.2) is 11.2 Å². The van der Waals surface area contributed by atoms with E-state index >= 15 is 0 Å². The average molecular weight is 265 g/mol. The topological polar surface area (TPSA) is 35.2 Å². The smallest absolute Gasteiger partial charge is 0.128 e. The lowest BCUT2D eigenvalue weighted by molar-refractivity contribution is -0.0768. The molecule has 0 aliphatic carbocycles. The zero-order chi connectivity index (χ0) is 14.4. The molecule has 2 atom stereocenters. The van der Waals surface area contributed by atoms with Crippen molar-refractivity contribution >= 4 is 0 Å². The predicted octanol–water partition coefficient (Wildman–Crippen LogP) is 3.73. The molecule has 1 aliphatic heterocycles. The molecule has 1 fully saturated rings. The van der Waals surface area contributed by atoms with Crippen molar-refractivity contribution in [3.8, 4) is 0 Å². The molecule has 2 N–H and O–H groups in total. The molecule has 3 heteroatoms. The van der Waals surface area contributed by atoms with Crippen LogP contribution in [0.25, 0.3) is 0 Å². The maximum absolute atomic E-state index is 14.0. The summed E-state index contributed by atoms with van der Waals surface area (Å²) in [5.41, 5.74) is 7.44. The van der Waals surface area contributed by atoms with Crippen LogP contribution in [-0.2, 0) is 4.74 Å². The van der Waals surface area contributed by atoms with Gasteiger partial charge in [0.15, 0.2) is 0 Å². The quantitative estimate of drug-likeness (QED) is 0.884. The lowest BCUT2D eigenvalue weighted by Gasteiger charge is -2.31. The van der Waals surface area contributed by atoms with Gasteiger partial charge < -0.3 is 10.5 Å². The molecular formula is C16H24FNO. The van der Waals surface area contributed by atoms with E-state index in [1.165, 1.54) is 6.07 Å². The molecule has 0 aromatic heterocycles. The van der Waals surface area contributed by atoms with Gasteiger partial charge in [-0.25, -0.2) is 4.39 Å². The van der Waals surface area contributed by atoms with Gasteiger partial charge in [-0.1, -0.05) is 17.7 Å². The van der Waals surface area contributed by atoms with Gasteiger partial charge in [0.2, 0.25) is 0 Å². The van der Waals surface area contributed by atoms with Gasteiger partial charge in [0, 0.05) is 17.5 Å². The van der Waals surface area contributed by atoms with Gasteiger partial charge in [0.05, 0.1) is 11.2 Å². The first-order valence-corrected chi connectivity index (χ1v) is 6.84. The molecule has 0 bridgehead atoms. The molecule has 106 valence electrons. The lowest BCUT2D eigenvalue weighted by atomic mass is 9.79. The zero-order valence-corrected chi connectivity index (χ0v) is 12.5. The predicted molar refractivity (Wildman–Crippen MR) is 75.4 cm³/mol. The van der Waals surface area contributed by atoms with E-state index in [1.807, 2.05) is 26.8 Å². The third-order valence-corrected chi connectivity index (χ3v) is 4.09. The largest absolute Gasteiger partial charge is 0.369 e. The Morgan fingerprint density at radius 2 is 1.95 bits per heavy atom. The van der Waals surface area contributed by atoms with Crippen LogP contribution in [0.1, 0.15) is 51.3 Å². The molecule has 0 spiro atoms. The molecule has 0 amide bonds. The van der Waals surface area contributed by atoms with E-state index in [1.54, 1.807) is 6.07 Å². The summed E-state index contributed by atoms with van der Waals surface area (Å²) >= 11 is 0. The minimum atomic E-state index is -0.336. The van der Waals surface area contributed by atoms with Crippen molar-refractivity contribution < 1.29 is 9.13 Å². The summed E-state index contributed by atoms with van der Waals surface area (Å²) in [5, 5.41) is 0. The number of hydrogen-bond acceptors (Lipinski definition) is 2. The van der Waals surface area contributed by atoms with Gasteiger partial charge in [0.1, 0.15) is 5.82 Å². The molecule has 0 saturated carbocycles. The minimum Gasteiger partial charge on any atom is -0.369 e. The second-order valence-corrected chi connectivity index (χ2v) is 6.83. The van der Waals surface area contributed by atoms with Crippen LogP contribution in [0.5, 0.6) is 0 Å². The molecule has 1 aromatic carbocycles. The fourth-order valence-corrected chi connectivity index (χ4v) is 3.30. The number of nitrogens with two attached hydrogens (primary N) is 1. The van der Waals surface area contributed by atoms with Gasteiger partial charge in [-0.15, -0.1) is 0 Å². The number of benzene rings is 1. The van der Waals surface area contributed by atoms with E-state index in [9.17, 15) is 4.39 Å². The summed E-state index contributed by atoms with van der Waals surface area (Å²) in [6, 6.07) is 4.78. The standard InChI is InChI=1S/C16H24FNO/c1-10-6-7-13(17)11(8-10)14(18)12-9-15(2,3)19-16(12,4)5/h6-8,12,14H,9,18H2,1-5H3. The van der Waals surface area contributed by atoms with E-state index < -0.39 is 0 Å². The van der Waals surface area contributed by atoms with E-state index in [2.05, 4.69) is 13.8 Å². The number of aryl methyl sites for hydroxylation is 1. The molecule has 1 saturated heterocycles. The van der Waals surface area contributed by atoms with Crippen LogP contribution in [0.15, 0.2) is 18.2 Å². The van der Waals surface area contributed by atoms with Crippen molar-refractivity contribution in [1.82, 2.24) is 0 Å². The van der Waals surface area contributed by atoms with Crippen LogP contribution < -0.4 is 5.73 Å². The summed E-state index contributed by atoms with van der Waals surface area (Å²) in [5.74, 6) is -0.114. The first kappa shape index (κ1) is 14.5. The highest BCUT2D eigenvalue weighted by Crippen LogP contribution is 2.47. The summed E-state index contributed by atoms with van der Waals surface area (Å²) in [6.07, 6.45) is 0.842. The SMILES string of the molecule is Cc1ccc(F)c(C(N)C2CC(C)(C)OC2(C)C)c1. The van der Waals surface area contributed by atoms with Crippen molar-refractivity contribution in [2.75, 3.05) is 0 Å². The summed E-state index contributed by atoms with van der Waals surface area (Å²) in [4.78, 5) is 0. The van der Waals surface area contributed by atoms with Gasteiger partial charge in [-0.05, 0) is 47.1 Å². The number of halogens is 1. The molecule has 2 unspecified atom stereocenters. The Hall–Kier alpha value is -0.930. The number of ether oxygens (including phenoxy) is 1.